The highest BCUT2D eigenvalue weighted by atomic mass is 16.1. The van der Waals surface area contributed by atoms with Gasteiger partial charge in [-0.05, 0) is 56.5 Å². The topological polar surface area (TPSA) is 58.4 Å². The predicted molar refractivity (Wildman–Crippen MR) is 88.3 cm³/mol. The summed E-state index contributed by atoms with van der Waals surface area (Å²) in [5.74, 6) is 0.934. The molecule has 1 fully saturated rings. The summed E-state index contributed by atoms with van der Waals surface area (Å²) in [6.45, 7) is 7.61. The van der Waals surface area contributed by atoms with Gasteiger partial charge in [0.2, 0.25) is 5.91 Å². The Bertz CT molecular complexity index is 487. The first-order chi connectivity index (χ1) is 10.1. The lowest BCUT2D eigenvalue weighted by atomic mass is 10.1. The van der Waals surface area contributed by atoms with Crippen LogP contribution in [-0.2, 0) is 4.79 Å². The van der Waals surface area contributed by atoms with E-state index in [1.807, 2.05) is 25.1 Å². The van der Waals surface area contributed by atoms with Crippen LogP contribution in [0.5, 0.6) is 0 Å². The summed E-state index contributed by atoms with van der Waals surface area (Å²) in [4.78, 5) is 14.5. The number of nitrogens with zero attached hydrogens (tertiary/aromatic N) is 1. The SMILES string of the molecule is CCC1CCN(CCCC(=O)Nc2cccc(N)c2C)C1. The highest BCUT2D eigenvalue weighted by Gasteiger charge is 2.20. The molecule has 1 aliphatic rings. The lowest BCUT2D eigenvalue weighted by molar-refractivity contribution is -0.116. The average molecular weight is 289 g/mol. The molecular weight excluding hydrogens is 262 g/mol. The Morgan fingerprint density at radius 1 is 1.48 bits per heavy atom. The monoisotopic (exact) mass is 289 g/mol. The van der Waals surface area contributed by atoms with Crippen molar-refractivity contribution in [1.29, 1.82) is 0 Å². The molecule has 0 aliphatic carbocycles. The molecule has 4 nitrogen and oxygen atoms in total. The molecule has 0 spiro atoms. The second-order valence-corrected chi connectivity index (χ2v) is 6.04. The molecule has 21 heavy (non-hydrogen) atoms. The number of carbonyl (C=O) groups excluding carboxylic acids is 1. The predicted octanol–water partition coefficient (Wildman–Crippen LogP) is 3.03. The average Bonchev–Trinajstić information content (AvgIpc) is 2.92. The van der Waals surface area contributed by atoms with Gasteiger partial charge in [0.15, 0.2) is 0 Å². The van der Waals surface area contributed by atoms with Gasteiger partial charge in [0.25, 0.3) is 0 Å². The number of nitrogen functional groups attached to an aromatic ring is 1. The van der Waals surface area contributed by atoms with Gasteiger partial charge in [-0.15, -0.1) is 0 Å². The number of carbonyl (C=O) groups is 1. The number of nitrogens with one attached hydrogen (secondary N) is 1. The Hall–Kier alpha value is -1.55. The van der Waals surface area contributed by atoms with E-state index in [2.05, 4.69) is 17.1 Å². The van der Waals surface area contributed by atoms with Gasteiger partial charge >= 0.3 is 0 Å². The van der Waals surface area contributed by atoms with E-state index in [0.29, 0.717) is 6.42 Å². The molecule has 1 aliphatic heterocycles. The van der Waals surface area contributed by atoms with Crippen LogP contribution in [0.4, 0.5) is 11.4 Å². The highest BCUT2D eigenvalue weighted by Crippen LogP contribution is 2.21. The largest absolute Gasteiger partial charge is 0.398 e. The Labute approximate surface area is 127 Å². The van der Waals surface area contributed by atoms with E-state index in [9.17, 15) is 4.79 Å². The molecule has 2 rings (SSSR count). The number of amides is 1. The lowest BCUT2D eigenvalue weighted by Gasteiger charge is -2.15. The van der Waals surface area contributed by atoms with Gasteiger partial charge in [-0.25, -0.2) is 0 Å². The zero-order chi connectivity index (χ0) is 15.2. The second kappa shape index (κ2) is 7.46. The number of rotatable bonds is 6. The van der Waals surface area contributed by atoms with Gasteiger partial charge in [0, 0.05) is 24.3 Å². The maximum atomic E-state index is 12.0. The minimum atomic E-state index is 0.0786. The minimum Gasteiger partial charge on any atom is -0.398 e. The van der Waals surface area contributed by atoms with Gasteiger partial charge < -0.3 is 16.0 Å². The van der Waals surface area contributed by atoms with E-state index in [1.54, 1.807) is 0 Å². The summed E-state index contributed by atoms with van der Waals surface area (Å²) in [7, 11) is 0. The zero-order valence-electron chi connectivity index (χ0n) is 13.2. The summed E-state index contributed by atoms with van der Waals surface area (Å²) in [5, 5.41) is 2.96. The van der Waals surface area contributed by atoms with Gasteiger partial charge in [0.1, 0.15) is 0 Å². The van der Waals surface area contributed by atoms with Gasteiger partial charge in [-0.3, -0.25) is 4.79 Å². The Morgan fingerprint density at radius 2 is 2.29 bits per heavy atom. The van der Waals surface area contributed by atoms with Crippen LogP contribution in [0.15, 0.2) is 18.2 Å². The van der Waals surface area contributed by atoms with E-state index in [4.69, 9.17) is 5.73 Å². The van der Waals surface area contributed by atoms with E-state index in [-0.39, 0.29) is 5.91 Å². The lowest BCUT2D eigenvalue weighted by Crippen LogP contribution is -2.23. The van der Waals surface area contributed by atoms with Crippen molar-refractivity contribution in [2.75, 3.05) is 30.7 Å². The van der Waals surface area contributed by atoms with Crippen molar-refractivity contribution in [3.05, 3.63) is 23.8 Å². The molecule has 1 aromatic carbocycles. The summed E-state index contributed by atoms with van der Waals surface area (Å²) < 4.78 is 0. The van der Waals surface area contributed by atoms with E-state index in [1.165, 1.54) is 25.9 Å². The third-order valence-electron chi connectivity index (χ3n) is 4.48. The minimum absolute atomic E-state index is 0.0786. The molecule has 1 saturated heterocycles. The fraction of sp³-hybridized carbons (Fsp3) is 0.588. The van der Waals surface area contributed by atoms with Crippen molar-refractivity contribution in [3.8, 4) is 0 Å². The molecule has 1 unspecified atom stereocenters. The quantitative estimate of drug-likeness (QED) is 0.791. The fourth-order valence-electron chi connectivity index (χ4n) is 2.91. The normalized spacial score (nSPS) is 18.9. The van der Waals surface area contributed by atoms with Crippen molar-refractivity contribution < 1.29 is 4.79 Å². The smallest absolute Gasteiger partial charge is 0.224 e. The van der Waals surface area contributed by atoms with Crippen LogP contribution < -0.4 is 11.1 Å². The molecule has 0 bridgehead atoms. The molecule has 4 heteroatoms. The van der Waals surface area contributed by atoms with Crippen molar-refractivity contribution in [2.24, 2.45) is 5.92 Å². The Kier molecular flexibility index (Phi) is 5.62. The van der Waals surface area contributed by atoms with Crippen molar-refractivity contribution in [2.45, 2.75) is 39.5 Å². The second-order valence-electron chi connectivity index (χ2n) is 6.04. The molecule has 1 aromatic rings. The zero-order valence-corrected chi connectivity index (χ0v) is 13.2. The van der Waals surface area contributed by atoms with Gasteiger partial charge in [-0.2, -0.15) is 0 Å². The third kappa shape index (κ3) is 4.46. The standard InChI is InChI=1S/C17H27N3O/c1-3-14-9-11-20(12-14)10-5-8-17(21)19-16-7-4-6-15(18)13(16)2/h4,6-7,14H,3,5,8-12,18H2,1-2H3,(H,19,21). The van der Waals surface area contributed by atoms with E-state index >= 15 is 0 Å². The number of hydrogen-bond donors (Lipinski definition) is 2. The molecule has 0 radical (unpaired) electrons. The first-order valence-corrected chi connectivity index (χ1v) is 7.97. The summed E-state index contributed by atoms with van der Waals surface area (Å²) >= 11 is 0. The highest BCUT2D eigenvalue weighted by molar-refractivity contribution is 5.92. The van der Waals surface area contributed by atoms with Crippen LogP contribution >= 0.6 is 0 Å². The van der Waals surface area contributed by atoms with Crippen molar-refractivity contribution in [1.82, 2.24) is 4.90 Å². The van der Waals surface area contributed by atoms with Crippen LogP contribution in [0.25, 0.3) is 0 Å². The summed E-state index contributed by atoms with van der Waals surface area (Å²) in [5.41, 5.74) is 8.33. The van der Waals surface area contributed by atoms with Gasteiger partial charge in [-0.1, -0.05) is 19.4 Å². The van der Waals surface area contributed by atoms with Crippen LogP contribution in [0.1, 0.15) is 38.2 Å². The molecule has 1 amide bonds. The molecule has 3 N–H and O–H groups in total. The third-order valence-corrected chi connectivity index (χ3v) is 4.48. The first kappa shape index (κ1) is 15.8. The number of benzene rings is 1. The number of nitrogens with two attached hydrogens (primary N) is 1. The maximum absolute atomic E-state index is 12.0. The summed E-state index contributed by atoms with van der Waals surface area (Å²) in [6.07, 6.45) is 4.07. The number of likely N-dealkylation sites (tertiary alicyclic amines) is 1. The molecule has 116 valence electrons. The molecule has 0 aromatic heterocycles. The number of anilines is 2. The molecule has 1 atom stereocenters. The number of hydrogen-bond acceptors (Lipinski definition) is 3. The molecule has 1 heterocycles. The van der Waals surface area contributed by atoms with Crippen LogP contribution in [0.2, 0.25) is 0 Å². The fourth-order valence-corrected chi connectivity index (χ4v) is 2.91. The van der Waals surface area contributed by atoms with Crippen LogP contribution in [-0.4, -0.2) is 30.4 Å². The summed E-state index contributed by atoms with van der Waals surface area (Å²) in [6, 6.07) is 5.62. The van der Waals surface area contributed by atoms with Crippen LogP contribution in [0, 0.1) is 12.8 Å². The van der Waals surface area contributed by atoms with Crippen LogP contribution in [0.3, 0.4) is 0 Å². The molecule has 0 saturated carbocycles. The Balaban J connectivity index is 1.72. The van der Waals surface area contributed by atoms with Gasteiger partial charge in [0.05, 0.1) is 0 Å². The molecular formula is C17H27N3O. The van der Waals surface area contributed by atoms with E-state index in [0.717, 1.165) is 35.8 Å². The Morgan fingerprint density at radius 3 is 3.00 bits per heavy atom. The van der Waals surface area contributed by atoms with E-state index < -0.39 is 0 Å². The maximum Gasteiger partial charge on any atom is 0.224 e. The first-order valence-electron chi connectivity index (χ1n) is 7.97. The van der Waals surface area contributed by atoms with Crippen molar-refractivity contribution in [3.63, 3.8) is 0 Å². The van der Waals surface area contributed by atoms with Crippen molar-refractivity contribution >= 4 is 17.3 Å².